The van der Waals surface area contributed by atoms with E-state index in [2.05, 4.69) is 12.6 Å². The lowest BCUT2D eigenvalue weighted by molar-refractivity contribution is 0.598. The fourth-order valence-electron chi connectivity index (χ4n) is 1.21. The quantitative estimate of drug-likeness (QED) is 0.670. The van der Waals surface area contributed by atoms with Gasteiger partial charge in [-0.2, -0.15) is 5.26 Å². The van der Waals surface area contributed by atoms with E-state index in [1.807, 2.05) is 0 Å². The maximum atomic E-state index is 13.2. The van der Waals surface area contributed by atoms with Gasteiger partial charge in [0.2, 0.25) is 0 Å². The minimum Gasteiger partial charge on any atom is -0.207 e. The topological polar surface area (TPSA) is 23.8 Å². The zero-order valence-electron chi connectivity index (χ0n) is 8.13. The highest BCUT2D eigenvalue weighted by atomic mass is 19.1. The summed E-state index contributed by atoms with van der Waals surface area (Å²) in [6.45, 7) is 5.49. The monoisotopic (exact) mass is 189 g/mol. The molecule has 0 fully saturated rings. The molecule has 1 rings (SSSR count). The first kappa shape index (κ1) is 10.5. The van der Waals surface area contributed by atoms with Gasteiger partial charge >= 0.3 is 0 Å². The van der Waals surface area contributed by atoms with Crippen LogP contribution in [0.5, 0.6) is 0 Å². The summed E-state index contributed by atoms with van der Waals surface area (Å²) in [6, 6.07) is 8.62. The molecule has 1 unspecified atom stereocenters. The second-order valence-electron chi connectivity index (χ2n) is 3.32. The van der Waals surface area contributed by atoms with Gasteiger partial charge in [-0.05, 0) is 25.0 Å². The highest BCUT2D eigenvalue weighted by molar-refractivity contribution is 5.22. The predicted octanol–water partition coefficient (Wildman–Crippen LogP) is 3.08. The molecule has 2 heteroatoms. The lowest BCUT2D eigenvalue weighted by atomic mass is 9.95. The molecule has 0 aliphatic carbocycles. The zero-order chi connectivity index (χ0) is 10.6. The molecule has 14 heavy (non-hydrogen) atoms. The molecule has 0 saturated heterocycles. The summed E-state index contributed by atoms with van der Waals surface area (Å²) in [5, 5.41) is 8.82. The van der Waals surface area contributed by atoms with Gasteiger partial charge in [0.15, 0.2) is 0 Å². The summed E-state index contributed by atoms with van der Waals surface area (Å²) in [5.41, 5.74) is 1.35. The first-order chi connectivity index (χ1) is 6.65. The molecular formula is C12H12FN. The van der Waals surface area contributed by atoms with E-state index >= 15 is 0 Å². The van der Waals surface area contributed by atoms with Gasteiger partial charge in [0.25, 0.3) is 0 Å². The van der Waals surface area contributed by atoms with Gasteiger partial charge in [-0.1, -0.05) is 30.4 Å². The highest BCUT2D eigenvalue weighted by Gasteiger charge is 2.11. The fraction of sp³-hybridized carbons (Fsp3) is 0.250. The third kappa shape index (κ3) is 2.43. The van der Waals surface area contributed by atoms with E-state index in [4.69, 9.17) is 5.26 Å². The Morgan fingerprint density at radius 1 is 1.57 bits per heavy atom. The van der Waals surface area contributed by atoms with Crippen molar-refractivity contribution in [2.75, 3.05) is 0 Å². The van der Waals surface area contributed by atoms with Gasteiger partial charge in [0, 0.05) is 0 Å². The van der Waals surface area contributed by atoms with Crippen LogP contribution in [-0.2, 0) is 6.42 Å². The van der Waals surface area contributed by atoms with E-state index in [0.29, 0.717) is 12.0 Å². The molecule has 0 N–H and O–H groups in total. The molecule has 0 saturated carbocycles. The zero-order valence-corrected chi connectivity index (χ0v) is 8.13. The Kier molecular flexibility index (Phi) is 3.41. The van der Waals surface area contributed by atoms with Gasteiger partial charge < -0.3 is 0 Å². The number of rotatable bonds is 3. The number of allylic oxidation sites excluding steroid dienone is 1. The Balaban J connectivity index is 2.84. The third-order valence-electron chi connectivity index (χ3n) is 2.13. The van der Waals surface area contributed by atoms with Crippen LogP contribution in [0.25, 0.3) is 0 Å². The van der Waals surface area contributed by atoms with Crippen LogP contribution in [0.2, 0.25) is 0 Å². The molecule has 1 atom stereocenters. The maximum absolute atomic E-state index is 13.2. The van der Waals surface area contributed by atoms with Crippen molar-refractivity contribution < 1.29 is 4.39 Å². The molecule has 0 aromatic heterocycles. The molecule has 72 valence electrons. The summed E-state index contributed by atoms with van der Waals surface area (Å²) in [6.07, 6.45) is 0.401. The van der Waals surface area contributed by atoms with Crippen molar-refractivity contribution in [1.29, 1.82) is 5.26 Å². The van der Waals surface area contributed by atoms with Crippen molar-refractivity contribution in [2.24, 2.45) is 5.92 Å². The number of benzene rings is 1. The predicted molar refractivity (Wildman–Crippen MR) is 54.0 cm³/mol. The second-order valence-corrected chi connectivity index (χ2v) is 3.32. The van der Waals surface area contributed by atoms with Crippen molar-refractivity contribution in [2.45, 2.75) is 13.3 Å². The Labute approximate surface area is 83.5 Å². The Hall–Kier alpha value is -1.62. The Morgan fingerprint density at radius 2 is 2.21 bits per heavy atom. The van der Waals surface area contributed by atoms with Crippen molar-refractivity contribution in [3.05, 3.63) is 47.8 Å². The van der Waals surface area contributed by atoms with Gasteiger partial charge in [0.05, 0.1) is 12.0 Å². The van der Waals surface area contributed by atoms with Crippen molar-refractivity contribution in [3.8, 4) is 6.07 Å². The Morgan fingerprint density at radius 3 is 2.71 bits per heavy atom. The molecule has 0 amide bonds. The fourth-order valence-corrected chi connectivity index (χ4v) is 1.21. The molecule has 0 spiro atoms. The van der Waals surface area contributed by atoms with E-state index in [9.17, 15) is 4.39 Å². The van der Waals surface area contributed by atoms with E-state index in [1.165, 1.54) is 6.07 Å². The van der Waals surface area contributed by atoms with Crippen LogP contribution >= 0.6 is 0 Å². The van der Waals surface area contributed by atoms with Crippen molar-refractivity contribution >= 4 is 0 Å². The normalized spacial score (nSPS) is 11.8. The molecule has 1 aromatic carbocycles. The lowest BCUT2D eigenvalue weighted by Gasteiger charge is -2.08. The van der Waals surface area contributed by atoms with Crippen LogP contribution in [0, 0.1) is 23.1 Å². The van der Waals surface area contributed by atoms with E-state index in [0.717, 1.165) is 5.57 Å². The SMILES string of the molecule is C=C(C)C(C#N)Cc1ccccc1F. The number of halogens is 1. The largest absolute Gasteiger partial charge is 0.207 e. The van der Waals surface area contributed by atoms with E-state index < -0.39 is 0 Å². The summed E-state index contributed by atoms with van der Waals surface area (Å²) in [7, 11) is 0. The van der Waals surface area contributed by atoms with Crippen LogP contribution in [0.1, 0.15) is 12.5 Å². The molecule has 0 bridgehead atoms. The number of nitrogens with zero attached hydrogens (tertiary/aromatic N) is 1. The van der Waals surface area contributed by atoms with Gasteiger partial charge in [0.1, 0.15) is 5.82 Å². The molecule has 0 radical (unpaired) electrons. The minimum atomic E-state index is -0.299. The smallest absolute Gasteiger partial charge is 0.126 e. The van der Waals surface area contributed by atoms with Crippen LogP contribution in [0.4, 0.5) is 4.39 Å². The van der Waals surface area contributed by atoms with E-state index in [1.54, 1.807) is 25.1 Å². The average Bonchev–Trinajstić information content (AvgIpc) is 2.16. The molecule has 0 aliphatic heterocycles. The summed E-state index contributed by atoms with van der Waals surface area (Å²) < 4.78 is 13.2. The number of hydrogen-bond donors (Lipinski definition) is 0. The van der Waals surface area contributed by atoms with Crippen LogP contribution in [0.15, 0.2) is 36.4 Å². The average molecular weight is 189 g/mol. The van der Waals surface area contributed by atoms with Crippen molar-refractivity contribution in [3.63, 3.8) is 0 Å². The van der Waals surface area contributed by atoms with Gasteiger partial charge in [-0.3, -0.25) is 0 Å². The molecule has 0 aliphatic rings. The summed E-state index contributed by atoms with van der Waals surface area (Å²) in [4.78, 5) is 0. The lowest BCUT2D eigenvalue weighted by Crippen LogP contribution is -2.04. The van der Waals surface area contributed by atoms with Gasteiger partial charge in [-0.25, -0.2) is 4.39 Å². The first-order valence-corrected chi connectivity index (χ1v) is 4.43. The first-order valence-electron chi connectivity index (χ1n) is 4.43. The third-order valence-corrected chi connectivity index (χ3v) is 2.13. The Bertz CT molecular complexity index is 376. The van der Waals surface area contributed by atoms with Crippen LogP contribution < -0.4 is 0 Å². The maximum Gasteiger partial charge on any atom is 0.126 e. The standard InChI is InChI=1S/C12H12FN/c1-9(2)11(8-14)7-10-5-3-4-6-12(10)13/h3-6,11H,1,7H2,2H3. The molecular weight excluding hydrogens is 177 g/mol. The number of nitriles is 1. The highest BCUT2D eigenvalue weighted by Crippen LogP contribution is 2.16. The van der Waals surface area contributed by atoms with E-state index in [-0.39, 0.29) is 11.7 Å². The summed E-state index contributed by atoms with van der Waals surface area (Å²) in [5.74, 6) is -0.555. The summed E-state index contributed by atoms with van der Waals surface area (Å²) >= 11 is 0. The molecule has 1 aromatic rings. The van der Waals surface area contributed by atoms with Gasteiger partial charge in [-0.15, -0.1) is 0 Å². The minimum absolute atomic E-state index is 0.256. The second kappa shape index (κ2) is 4.57. The number of hydrogen-bond acceptors (Lipinski definition) is 1. The van der Waals surface area contributed by atoms with Crippen molar-refractivity contribution in [1.82, 2.24) is 0 Å². The van der Waals surface area contributed by atoms with Crippen LogP contribution in [0.3, 0.4) is 0 Å². The molecule has 0 heterocycles. The van der Waals surface area contributed by atoms with Crippen LogP contribution in [-0.4, -0.2) is 0 Å². The molecule has 1 nitrogen and oxygen atoms in total.